The van der Waals surface area contributed by atoms with Crippen molar-refractivity contribution in [1.29, 1.82) is 0 Å². The molecule has 0 unspecified atom stereocenters. The van der Waals surface area contributed by atoms with E-state index in [4.69, 9.17) is 0 Å². The van der Waals surface area contributed by atoms with Gasteiger partial charge in [-0.2, -0.15) is 0 Å². The Balaban J connectivity index is 1.48. The Labute approximate surface area is 121 Å². The van der Waals surface area contributed by atoms with Gasteiger partial charge in [-0.05, 0) is 39.2 Å². The van der Waals surface area contributed by atoms with Gasteiger partial charge in [0.25, 0.3) is 0 Å². The van der Waals surface area contributed by atoms with E-state index in [9.17, 15) is 5.11 Å². The summed E-state index contributed by atoms with van der Waals surface area (Å²) in [5.74, 6) is 0. The van der Waals surface area contributed by atoms with Crippen molar-refractivity contribution in [1.82, 2.24) is 19.8 Å². The maximum absolute atomic E-state index is 9.80. The number of H-pyrrole nitrogens is 1. The third-order valence-corrected chi connectivity index (χ3v) is 4.81. The highest BCUT2D eigenvalue weighted by molar-refractivity contribution is 5.08. The van der Waals surface area contributed by atoms with E-state index >= 15 is 0 Å². The SMILES string of the molecule is Cc1[nH]cnc1CN1CCC(N2CCC[C@@H](O)C2)CC1. The van der Waals surface area contributed by atoms with Gasteiger partial charge in [0.2, 0.25) is 0 Å². The van der Waals surface area contributed by atoms with E-state index < -0.39 is 0 Å². The van der Waals surface area contributed by atoms with Gasteiger partial charge in [0.1, 0.15) is 0 Å². The molecule has 0 radical (unpaired) electrons. The molecular weight excluding hydrogens is 252 g/mol. The first-order valence-corrected chi connectivity index (χ1v) is 7.85. The number of aromatic amines is 1. The Hall–Kier alpha value is -0.910. The maximum Gasteiger partial charge on any atom is 0.0925 e. The van der Waals surface area contributed by atoms with Crippen LogP contribution in [0.4, 0.5) is 0 Å². The Morgan fingerprint density at radius 1 is 1.30 bits per heavy atom. The molecule has 0 aliphatic carbocycles. The van der Waals surface area contributed by atoms with Crippen molar-refractivity contribution in [3.8, 4) is 0 Å². The highest BCUT2D eigenvalue weighted by Gasteiger charge is 2.28. The summed E-state index contributed by atoms with van der Waals surface area (Å²) in [5, 5.41) is 9.80. The zero-order chi connectivity index (χ0) is 13.9. The van der Waals surface area contributed by atoms with Crippen LogP contribution >= 0.6 is 0 Å². The summed E-state index contributed by atoms with van der Waals surface area (Å²) < 4.78 is 0. The van der Waals surface area contributed by atoms with Gasteiger partial charge in [0, 0.05) is 37.9 Å². The van der Waals surface area contributed by atoms with Crippen LogP contribution in [-0.2, 0) is 6.54 Å². The molecule has 2 saturated heterocycles. The molecule has 1 aromatic rings. The molecule has 0 amide bonds. The Kier molecular flexibility index (Phi) is 4.38. The number of aliphatic hydroxyl groups excluding tert-OH is 1. The van der Waals surface area contributed by atoms with Gasteiger partial charge < -0.3 is 10.1 Å². The second-order valence-electron chi connectivity index (χ2n) is 6.27. The minimum Gasteiger partial charge on any atom is -0.392 e. The number of likely N-dealkylation sites (tertiary alicyclic amines) is 2. The van der Waals surface area contributed by atoms with Crippen LogP contribution in [0.1, 0.15) is 37.1 Å². The highest BCUT2D eigenvalue weighted by atomic mass is 16.3. The van der Waals surface area contributed by atoms with E-state index in [0.29, 0.717) is 6.04 Å². The largest absolute Gasteiger partial charge is 0.392 e. The molecular formula is C15H26N4O. The normalized spacial score (nSPS) is 27.0. The molecule has 1 aromatic heterocycles. The number of piperidine rings is 2. The lowest BCUT2D eigenvalue weighted by Gasteiger charge is -2.41. The molecule has 0 bridgehead atoms. The quantitative estimate of drug-likeness (QED) is 0.870. The lowest BCUT2D eigenvalue weighted by molar-refractivity contribution is 0.0242. The van der Waals surface area contributed by atoms with Crippen LogP contribution in [0.25, 0.3) is 0 Å². The van der Waals surface area contributed by atoms with Gasteiger partial charge in [-0.1, -0.05) is 0 Å². The van der Waals surface area contributed by atoms with Crippen LogP contribution in [-0.4, -0.2) is 63.2 Å². The second-order valence-corrected chi connectivity index (χ2v) is 6.27. The lowest BCUT2D eigenvalue weighted by atomic mass is 9.99. The number of aliphatic hydroxyl groups is 1. The molecule has 20 heavy (non-hydrogen) atoms. The fourth-order valence-electron chi connectivity index (χ4n) is 3.52. The van der Waals surface area contributed by atoms with E-state index in [1.807, 2.05) is 0 Å². The fourth-order valence-corrected chi connectivity index (χ4v) is 3.52. The van der Waals surface area contributed by atoms with Crippen molar-refractivity contribution in [3.05, 3.63) is 17.7 Å². The zero-order valence-electron chi connectivity index (χ0n) is 12.4. The molecule has 2 fully saturated rings. The molecule has 0 spiro atoms. The van der Waals surface area contributed by atoms with E-state index in [-0.39, 0.29) is 6.10 Å². The molecule has 1 atom stereocenters. The van der Waals surface area contributed by atoms with Crippen molar-refractivity contribution >= 4 is 0 Å². The summed E-state index contributed by atoms with van der Waals surface area (Å²) in [5.41, 5.74) is 2.36. The molecule has 2 N–H and O–H groups in total. The second kappa shape index (κ2) is 6.24. The third-order valence-electron chi connectivity index (χ3n) is 4.81. The summed E-state index contributed by atoms with van der Waals surface area (Å²) in [6.45, 7) is 7.38. The summed E-state index contributed by atoms with van der Waals surface area (Å²) in [6, 6.07) is 0.668. The molecule has 0 saturated carbocycles. The topological polar surface area (TPSA) is 55.4 Å². The number of nitrogens with zero attached hydrogens (tertiary/aromatic N) is 3. The van der Waals surface area contributed by atoms with Crippen LogP contribution in [0, 0.1) is 6.92 Å². The van der Waals surface area contributed by atoms with Gasteiger partial charge in [0.15, 0.2) is 0 Å². The summed E-state index contributed by atoms with van der Waals surface area (Å²) >= 11 is 0. The molecule has 5 heteroatoms. The monoisotopic (exact) mass is 278 g/mol. The number of aryl methyl sites for hydroxylation is 1. The van der Waals surface area contributed by atoms with Gasteiger partial charge in [0.05, 0.1) is 18.1 Å². The third kappa shape index (κ3) is 3.22. The molecule has 3 rings (SSSR count). The minimum atomic E-state index is -0.103. The number of aromatic nitrogens is 2. The van der Waals surface area contributed by atoms with E-state index in [2.05, 4.69) is 26.7 Å². The fraction of sp³-hybridized carbons (Fsp3) is 0.800. The highest BCUT2D eigenvalue weighted by Crippen LogP contribution is 2.22. The first-order chi connectivity index (χ1) is 9.72. The van der Waals surface area contributed by atoms with Gasteiger partial charge in [-0.3, -0.25) is 9.80 Å². The maximum atomic E-state index is 9.80. The predicted molar refractivity (Wildman–Crippen MR) is 78.4 cm³/mol. The van der Waals surface area contributed by atoms with Gasteiger partial charge >= 0.3 is 0 Å². The number of imidazole rings is 1. The number of hydrogen-bond donors (Lipinski definition) is 2. The standard InChI is InChI=1S/C15H26N4O/c1-12-15(17-11-16-12)10-18-7-4-13(5-8-18)19-6-2-3-14(20)9-19/h11,13-14,20H,2-10H2,1H3,(H,16,17)/t14-/m1/s1. The number of hydrogen-bond acceptors (Lipinski definition) is 4. The van der Waals surface area contributed by atoms with Gasteiger partial charge in [-0.15, -0.1) is 0 Å². The summed E-state index contributed by atoms with van der Waals surface area (Å²) in [4.78, 5) is 12.5. The van der Waals surface area contributed by atoms with E-state index in [1.165, 1.54) is 30.8 Å². The summed E-state index contributed by atoms with van der Waals surface area (Å²) in [6.07, 6.45) is 6.24. The van der Waals surface area contributed by atoms with Crippen molar-refractivity contribution in [2.75, 3.05) is 26.2 Å². The number of β-amino-alcohol motifs (C(OH)–C–C–N with tert-alkyl or cyclic N) is 1. The van der Waals surface area contributed by atoms with E-state index in [1.54, 1.807) is 6.33 Å². The van der Waals surface area contributed by atoms with Crippen LogP contribution in [0.5, 0.6) is 0 Å². The molecule has 3 heterocycles. The molecule has 5 nitrogen and oxygen atoms in total. The Bertz CT molecular complexity index is 425. The first kappa shape index (κ1) is 14.0. The predicted octanol–water partition coefficient (Wildman–Crippen LogP) is 1.14. The van der Waals surface area contributed by atoms with Crippen molar-refractivity contribution < 1.29 is 5.11 Å². The number of rotatable bonds is 3. The van der Waals surface area contributed by atoms with Crippen LogP contribution in [0.15, 0.2) is 6.33 Å². The van der Waals surface area contributed by atoms with Crippen LogP contribution in [0.2, 0.25) is 0 Å². The molecule has 0 aromatic carbocycles. The first-order valence-electron chi connectivity index (χ1n) is 7.85. The Morgan fingerprint density at radius 3 is 2.75 bits per heavy atom. The van der Waals surface area contributed by atoms with Crippen molar-refractivity contribution in [2.45, 2.75) is 51.3 Å². The Morgan fingerprint density at radius 2 is 2.10 bits per heavy atom. The molecule has 112 valence electrons. The lowest BCUT2D eigenvalue weighted by Crippen LogP contribution is -2.49. The van der Waals surface area contributed by atoms with Gasteiger partial charge in [-0.25, -0.2) is 4.98 Å². The van der Waals surface area contributed by atoms with Crippen LogP contribution in [0.3, 0.4) is 0 Å². The van der Waals surface area contributed by atoms with Crippen molar-refractivity contribution in [3.63, 3.8) is 0 Å². The van der Waals surface area contributed by atoms with Crippen LogP contribution < -0.4 is 0 Å². The zero-order valence-corrected chi connectivity index (χ0v) is 12.4. The summed E-state index contributed by atoms with van der Waals surface area (Å²) in [7, 11) is 0. The van der Waals surface area contributed by atoms with Crippen molar-refractivity contribution in [2.24, 2.45) is 0 Å². The smallest absolute Gasteiger partial charge is 0.0925 e. The molecule has 2 aliphatic rings. The number of nitrogens with one attached hydrogen (secondary N) is 1. The van der Waals surface area contributed by atoms with E-state index in [0.717, 1.165) is 39.0 Å². The average molecular weight is 278 g/mol. The average Bonchev–Trinajstić information content (AvgIpc) is 2.85. The molecule has 2 aliphatic heterocycles. The minimum absolute atomic E-state index is 0.103.